The Morgan fingerprint density at radius 3 is 1.10 bits per heavy atom. The van der Waals surface area contributed by atoms with Gasteiger partial charge >= 0.3 is 16.8 Å². The van der Waals surface area contributed by atoms with Gasteiger partial charge in [-0.3, -0.25) is 9.98 Å². The minimum absolute atomic E-state index is 0. The zero-order chi connectivity index (χ0) is 27.4. The van der Waals surface area contributed by atoms with Gasteiger partial charge in [0.1, 0.15) is 0 Å². The second-order valence-corrected chi connectivity index (χ2v) is 11.5. The van der Waals surface area contributed by atoms with Gasteiger partial charge in [-0.1, -0.05) is 91.8 Å². The topological polar surface area (TPSA) is 37.6 Å². The van der Waals surface area contributed by atoms with Gasteiger partial charge < -0.3 is 24.8 Å². The number of aromatic nitrogens is 1. The van der Waals surface area contributed by atoms with E-state index >= 15 is 0 Å². The SMILES string of the molecule is CC(=Nc1c(C(C)C)cccc1C(C)C)c1cc(C)cc(C(C)=Nc2c(C(C)C)cccc2C(C)C)n1.[Cl-].[Cl-].[Co+2]. The molecule has 3 nitrogen and oxygen atoms in total. The number of nitrogens with zero attached hydrogens (tertiary/aromatic N) is 3. The Hall–Kier alpha value is -1.98. The average molecular weight is 626 g/mol. The summed E-state index contributed by atoms with van der Waals surface area (Å²) in [7, 11) is 0. The molecule has 0 spiro atoms. The third kappa shape index (κ3) is 9.01. The molecule has 40 heavy (non-hydrogen) atoms. The van der Waals surface area contributed by atoms with Gasteiger partial charge in [-0.2, -0.15) is 0 Å². The first kappa shape index (κ1) is 38.0. The monoisotopic (exact) mass is 624 g/mol. The molecule has 0 bridgehead atoms. The standard InChI is InChI=1S/C34H45N3.2ClH.Co/c1-20(2)27-14-12-15-28(21(3)4)33(27)35-25(10)31-18-24(9)19-32(37-31)26(11)36-34-29(22(5)6)16-13-17-30(34)23(7)8;;;/h12-23H,1-11H3;2*1H;/q;;;+2/p-2. The van der Waals surface area contributed by atoms with Gasteiger partial charge in [0.25, 0.3) is 0 Å². The molecular formula is C34H45Cl2CoN3. The maximum atomic E-state index is 5.19. The molecule has 1 aromatic heterocycles. The largest absolute Gasteiger partial charge is 2.00 e. The van der Waals surface area contributed by atoms with Crippen molar-refractivity contribution < 1.29 is 41.6 Å². The van der Waals surface area contributed by atoms with E-state index in [2.05, 4.69) is 125 Å². The van der Waals surface area contributed by atoms with Crippen LogP contribution in [0, 0.1) is 6.92 Å². The van der Waals surface area contributed by atoms with Crippen molar-refractivity contribution in [2.75, 3.05) is 0 Å². The Balaban J connectivity index is 0.00000507. The van der Waals surface area contributed by atoms with Crippen molar-refractivity contribution in [1.29, 1.82) is 0 Å². The minimum Gasteiger partial charge on any atom is -1.00 e. The van der Waals surface area contributed by atoms with E-state index in [0.717, 1.165) is 39.7 Å². The van der Waals surface area contributed by atoms with E-state index in [1.807, 2.05) is 0 Å². The van der Waals surface area contributed by atoms with Crippen LogP contribution in [-0.4, -0.2) is 16.4 Å². The van der Waals surface area contributed by atoms with E-state index < -0.39 is 0 Å². The summed E-state index contributed by atoms with van der Waals surface area (Å²) in [5.41, 5.74) is 12.1. The summed E-state index contributed by atoms with van der Waals surface area (Å²) >= 11 is 0. The molecule has 0 saturated carbocycles. The van der Waals surface area contributed by atoms with Crippen LogP contribution in [0.15, 0.2) is 58.5 Å². The molecule has 0 saturated heterocycles. The fourth-order valence-corrected chi connectivity index (χ4v) is 4.77. The van der Waals surface area contributed by atoms with E-state index in [4.69, 9.17) is 15.0 Å². The molecule has 1 heterocycles. The van der Waals surface area contributed by atoms with Crippen LogP contribution in [0.5, 0.6) is 0 Å². The van der Waals surface area contributed by atoms with Crippen LogP contribution in [0.25, 0.3) is 0 Å². The van der Waals surface area contributed by atoms with Crippen LogP contribution >= 0.6 is 0 Å². The molecule has 0 aliphatic rings. The fraction of sp³-hybridized carbons (Fsp3) is 0.441. The van der Waals surface area contributed by atoms with Gasteiger partial charge in [0.15, 0.2) is 0 Å². The number of rotatable bonds is 8. The molecule has 0 fully saturated rings. The number of hydrogen-bond donors (Lipinski definition) is 0. The molecule has 219 valence electrons. The van der Waals surface area contributed by atoms with Gasteiger partial charge in [0.05, 0.1) is 34.2 Å². The molecule has 3 aromatic rings. The minimum atomic E-state index is 0. The average Bonchev–Trinajstić information content (AvgIpc) is 2.83. The second-order valence-electron chi connectivity index (χ2n) is 11.5. The van der Waals surface area contributed by atoms with Crippen LogP contribution in [-0.2, 0) is 16.8 Å². The molecule has 0 unspecified atom stereocenters. The van der Waals surface area contributed by atoms with Crippen molar-refractivity contribution >= 4 is 22.8 Å². The van der Waals surface area contributed by atoms with Crippen LogP contribution in [0.4, 0.5) is 11.4 Å². The van der Waals surface area contributed by atoms with Crippen LogP contribution in [0.3, 0.4) is 0 Å². The van der Waals surface area contributed by atoms with Crippen LogP contribution in [0.2, 0.25) is 0 Å². The number of aryl methyl sites for hydroxylation is 1. The van der Waals surface area contributed by atoms with Crippen molar-refractivity contribution in [3.05, 3.63) is 87.7 Å². The quantitative estimate of drug-likeness (QED) is 0.347. The molecule has 2 aromatic carbocycles. The second kappa shape index (κ2) is 16.5. The van der Waals surface area contributed by atoms with Crippen molar-refractivity contribution in [2.24, 2.45) is 9.98 Å². The molecule has 0 aliphatic heterocycles. The number of aliphatic imine (C=N–C) groups is 2. The predicted octanol–water partition coefficient (Wildman–Crippen LogP) is 4.17. The summed E-state index contributed by atoms with van der Waals surface area (Å²) < 4.78 is 0. The van der Waals surface area contributed by atoms with Gasteiger partial charge in [0.2, 0.25) is 0 Å². The summed E-state index contributed by atoms with van der Waals surface area (Å²) in [6.45, 7) is 24.1. The predicted molar refractivity (Wildman–Crippen MR) is 162 cm³/mol. The van der Waals surface area contributed by atoms with Crippen LogP contribution in [0.1, 0.15) is 132 Å². The van der Waals surface area contributed by atoms with E-state index in [1.54, 1.807) is 0 Å². The number of hydrogen-bond acceptors (Lipinski definition) is 3. The molecule has 6 heteroatoms. The Morgan fingerprint density at radius 2 is 0.850 bits per heavy atom. The maximum absolute atomic E-state index is 5.19. The number of halogens is 2. The Kier molecular flexibility index (Phi) is 15.6. The van der Waals surface area contributed by atoms with E-state index in [0.29, 0.717) is 23.7 Å². The fourth-order valence-electron chi connectivity index (χ4n) is 4.77. The van der Waals surface area contributed by atoms with E-state index in [1.165, 1.54) is 22.3 Å². The maximum Gasteiger partial charge on any atom is 2.00 e. The summed E-state index contributed by atoms with van der Waals surface area (Å²) in [5, 5.41) is 0. The van der Waals surface area contributed by atoms with Gasteiger partial charge in [-0.25, -0.2) is 4.98 Å². The van der Waals surface area contributed by atoms with Crippen molar-refractivity contribution in [3.8, 4) is 0 Å². The molecule has 0 aliphatic carbocycles. The summed E-state index contributed by atoms with van der Waals surface area (Å²) in [6.07, 6.45) is 0. The smallest absolute Gasteiger partial charge is 1.00 e. The van der Waals surface area contributed by atoms with Crippen molar-refractivity contribution in [1.82, 2.24) is 4.98 Å². The first-order chi connectivity index (χ1) is 17.4. The Morgan fingerprint density at radius 1 is 0.575 bits per heavy atom. The van der Waals surface area contributed by atoms with E-state index in [-0.39, 0.29) is 41.6 Å². The molecule has 1 radical (unpaired) electrons. The van der Waals surface area contributed by atoms with Crippen LogP contribution < -0.4 is 24.8 Å². The first-order valence-electron chi connectivity index (χ1n) is 13.8. The van der Waals surface area contributed by atoms with Crippen molar-refractivity contribution in [2.45, 2.75) is 99.8 Å². The third-order valence-electron chi connectivity index (χ3n) is 6.95. The molecule has 0 amide bonds. The zero-order valence-corrected chi connectivity index (χ0v) is 28.4. The summed E-state index contributed by atoms with van der Waals surface area (Å²) in [5.74, 6) is 1.60. The molecule has 3 rings (SSSR count). The first-order valence-corrected chi connectivity index (χ1v) is 13.8. The molecular weight excluding hydrogens is 580 g/mol. The normalized spacial score (nSPS) is 12.0. The zero-order valence-electron chi connectivity index (χ0n) is 25.9. The number of pyridine rings is 1. The van der Waals surface area contributed by atoms with Crippen molar-refractivity contribution in [3.63, 3.8) is 0 Å². The van der Waals surface area contributed by atoms with Gasteiger partial charge in [-0.05, 0) is 84.4 Å². The molecule has 0 N–H and O–H groups in total. The number of benzene rings is 2. The molecule has 0 atom stereocenters. The Bertz CT molecular complexity index is 1170. The van der Waals surface area contributed by atoms with Gasteiger partial charge in [-0.15, -0.1) is 0 Å². The van der Waals surface area contributed by atoms with Gasteiger partial charge in [0, 0.05) is 0 Å². The third-order valence-corrected chi connectivity index (χ3v) is 6.95. The summed E-state index contributed by atoms with van der Waals surface area (Å²) in [4.78, 5) is 15.4. The number of para-hydroxylation sites is 2. The van der Waals surface area contributed by atoms with E-state index in [9.17, 15) is 0 Å². The Labute approximate surface area is 265 Å². The summed E-state index contributed by atoms with van der Waals surface area (Å²) in [6, 6.07) is 17.4.